The molecule has 3 rings (SSSR count). The third kappa shape index (κ3) is 1.01. The number of fused-ring (bicyclic) bond motifs is 1. The van der Waals surface area contributed by atoms with Crippen molar-refractivity contribution in [1.29, 1.82) is 0 Å². The van der Waals surface area contributed by atoms with Crippen molar-refractivity contribution in [3.05, 3.63) is 11.4 Å². The number of nitrogens with two attached hydrogens (primary N) is 1. The van der Waals surface area contributed by atoms with Gasteiger partial charge in [-0.05, 0) is 25.7 Å². The van der Waals surface area contributed by atoms with E-state index in [1.54, 1.807) is 0 Å². The van der Waals surface area contributed by atoms with Crippen LogP contribution >= 0.6 is 0 Å². The lowest BCUT2D eigenvalue weighted by molar-refractivity contribution is 0.564. The van der Waals surface area contributed by atoms with Crippen LogP contribution in [-0.4, -0.2) is 21.5 Å². The van der Waals surface area contributed by atoms with Gasteiger partial charge in [-0.15, -0.1) is 5.10 Å². The Morgan fingerprint density at radius 1 is 1.38 bits per heavy atom. The summed E-state index contributed by atoms with van der Waals surface area (Å²) in [5.74, 6) is 0.475. The molecule has 2 aliphatic rings. The molecule has 2 aliphatic carbocycles. The molecular formula is C9H14N4. The van der Waals surface area contributed by atoms with Gasteiger partial charge in [-0.2, -0.15) is 0 Å². The zero-order chi connectivity index (χ0) is 8.84. The molecule has 1 unspecified atom stereocenters. The summed E-state index contributed by atoms with van der Waals surface area (Å²) in [4.78, 5) is 0. The van der Waals surface area contributed by atoms with Crippen molar-refractivity contribution >= 4 is 0 Å². The van der Waals surface area contributed by atoms with Gasteiger partial charge in [0, 0.05) is 12.5 Å². The normalized spacial score (nSPS) is 26.4. The Morgan fingerprint density at radius 2 is 2.23 bits per heavy atom. The van der Waals surface area contributed by atoms with Gasteiger partial charge in [-0.25, -0.2) is 4.68 Å². The highest BCUT2D eigenvalue weighted by molar-refractivity contribution is 5.23. The van der Waals surface area contributed by atoms with Crippen molar-refractivity contribution in [3.63, 3.8) is 0 Å². The summed E-state index contributed by atoms with van der Waals surface area (Å²) < 4.78 is 2.13. The summed E-state index contributed by atoms with van der Waals surface area (Å²) in [7, 11) is 0. The zero-order valence-electron chi connectivity index (χ0n) is 7.61. The van der Waals surface area contributed by atoms with E-state index in [2.05, 4.69) is 15.0 Å². The van der Waals surface area contributed by atoms with Crippen LogP contribution < -0.4 is 5.73 Å². The monoisotopic (exact) mass is 178 g/mol. The lowest BCUT2D eigenvalue weighted by Crippen LogP contribution is -2.09. The van der Waals surface area contributed by atoms with Crippen molar-refractivity contribution in [2.24, 2.45) is 5.73 Å². The SMILES string of the molecule is NCC1CCc2c1nnn2C1CC1. The lowest BCUT2D eigenvalue weighted by atomic mass is 10.1. The van der Waals surface area contributed by atoms with Crippen molar-refractivity contribution in [2.45, 2.75) is 37.6 Å². The van der Waals surface area contributed by atoms with Crippen molar-refractivity contribution in [3.8, 4) is 0 Å². The van der Waals surface area contributed by atoms with Crippen molar-refractivity contribution in [2.75, 3.05) is 6.54 Å². The summed E-state index contributed by atoms with van der Waals surface area (Å²) >= 11 is 0. The van der Waals surface area contributed by atoms with E-state index in [0.717, 1.165) is 13.0 Å². The first-order valence-corrected chi connectivity index (χ1v) is 5.04. The third-order valence-electron chi connectivity index (χ3n) is 3.11. The van der Waals surface area contributed by atoms with Gasteiger partial charge in [0.2, 0.25) is 0 Å². The van der Waals surface area contributed by atoms with Gasteiger partial charge in [0.1, 0.15) is 0 Å². The molecule has 2 N–H and O–H groups in total. The number of nitrogens with zero attached hydrogens (tertiary/aromatic N) is 3. The predicted octanol–water partition coefficient (Wildman–Crippen LogP) is 0.601. The van der Waals surface area contributed by atoms with E-state index in [0.29, 0.717) is 12.0 Å². The Bertz CT molecular complexity index is 326. The molecule has 1 aromatic heterocycles. The first kappa shape index (κ1) is 7.50. The molecule has 70 valence electrons. The Balaban J connectivity index is 1.99. The number of hydrogen-bond donors (Lipinski definition) is 1. The van der Waals surface area contributed by atoms with Crippen LogP contribution in [0.1, 0.15) is 42.6 Å². The molecule has 0 aromatic carbocycles. The van der Waals surface area contributed by atoms with Gasteiger partial charge in [0.25, 0.3) is 0 Å². The summed E-state index contributed by atoms with van der Waals surface area (Å²) in [6, 6.07) is 0.660. The fourth-order valence-electron chi connectivity index (χ4n) is 2.17. The fraction of sp³-hybridized carbons (Fsp3) is 0.778. The zero-order valence-corrected chi connectivity index (χ0v) is 7.61. The fourth-order valence-corrected chi connectivity index (χ4v) is 2.17. The van der Waals surface area contributed by atoms with Crippen LogP contribution in [0.5, 0.6) is 0 Å². The first-order valence-electron chi connectivity index (χ1n) is 5.04. The van der Waals surface area contributed by atoms with Crippen molar-refractivity contribution < 1.29 is 0 Å². The van der Waals surface area contributed by atoms with Crippen LogP contribution in [0.25, 0.3) is 0 Å². The first-order chi connectivity index (χ1) is 6.40. The van der Waals surface area contributed by atoms with Crippen LogP contribution in [0.15, 0.2) is 0 Å². The quantitative estimate of drug-likeness (QED) is 0.721. The maximum Gasteiger partial charge on any atom is 0.0902 e. The highest BCUT2D eigenvalue weighted by atomic mass is 15.5. The minimum Gasteiger partial charge on any atom is -0.330 e. The highest BCUT2D eigenvalue weighted by Gasteiger charge is 2.33. The van der Waals surface area contributed by atoms with E-state index in [1.807, 2.05) is 0 Å². The highest BCUT2D eigenvalue weighted by Crippen LogP contribution is 2.39. The van der Waals surface area contributed by atoms with Gasteiger partial charge in [0.15, 0.2) is 0 Å². The van der Waals surface area contributed by atoms with Gasteiger partial charge in [0.05, 0.1) is 17.4 Å². The molecule has 1 aromatic rings. The maximum atomic E-state index is 5.67. The van der Waals surface area contributed by atoms with E-state index >= 15 is 0 Å². The topological polar surface area (TPSA) is 56.7 Å². The molecule has 0 aliphatic heterocycles. The number of rotatable bonds is 2. The molecule has 4 nitrogen and oxygen atoms in total. The Hall–Kier alpha value is -0.900. The average molecular weight is 178 g/mol. The van der Waals surface area contributed by atoms with Crippen LogP contribution in [-0.2, 0) is 6.42 Å². The lowest BCUT2D eigenvalue weighted by Gasteiger charge is -2.00. The second-order valence-corrected chi connectivity index (χ2v) is 4.07. The third-order valence-corrected chi connectivity index (χ3v) is 3.11. The van der Waals surface area contributed by atoms with Gasteiger partial charge >= 0.3 is 0 Å². The second-order valence-electron chi connectivity index (χ2n) is 4.07. The summed E-state index contributed by atoms with van der Waals surface area (Å²) in [5.41, 5.74) is 8.21. The predicted molar refractivity (Wildman–Crippen MR) is 48.4 cm³/mol. The van der Waals surface area contributed by atoms with E-state index < -0.39 is 0 Å². The summed E-state index contributed by atoms with van der Waals surface area (Å²) in [5, 5.41) is 8.45. The van der Waals surface area contributed by atoms with Gasteiger partial charge in [-0.1, -0.05) is 5.21 Å². The molecule has 13 heavy (non-hydrogen) atoms. The molecule has 0 saturated heterocycles. The molecule has 0 spiro atoms. The van der Waals surface area contributed by atoms with Crippen LogP contribution in [0.2, 0.25) is 0 Å². The minimum absolute atomic E-state index is 0.475. The van der Waals surface area contributed by atoms with Gasteiger partial charge < -0.3 is 5.73 Å². The standard InChI is InChI=1S/C9H14N4/c10-5-6-1-4-8-9(6)11-12-13(8)7-2-3-7/h6-7H,1-5,10H2. The van der Waals surface area contributed by atoms with E-state index in [9.17, 15) is 0 Å². The van der Waals surface area contributed by atoms with Crippen molar-refractivity contribution in [1.82, 2.24) is 15.0 Å². The minimum atomic E-state index is 0.475. The molecule has 1 atom stereocenters. The van der Waals surface area contributed by atoms with Crippen LogP contribution in [0, 0.1) is 0 Å². The smallest absolute Gasteiger partial charge is 0.0902 e. The van der Waals surface area contributed by atoms with E-state index in [-0.39, 0.29) is 0 Å². The summed E-state index contributed by atoms with van der Waals surface area (Å²) in [6.07, 6.45) is 4.86. The second kappa shape index (κ2) is 2.54. The Morgan fingerprint density at radius 3 is 2.92 bits per heavy atom. The molecule has 1 saturated carbocycles. The van der Waals surface area contributed by atoms with E-state index in [4.69, 9.17) is 5.73 Å². The largest absolute Gasteiger partial charge is 0.330 e. The van der Waals surface area contributed by atoms with Crippen LogP contribution in [0.4, 0.5) is 0 Å². The number of aromatic nitrogens is 3. The Labute approximate surface area is 77.1 Å². The molecular weight excluding hydrogens is 164 g/mol. The van der Waals surface area contributed by atoms with Gasteiger partial charge in [-0.3, -0.25) is 0 Å². The molecule has 0 amide bonds. The molecule has 0 bridgehead atoms. The van der Waals surface area contributed by atoms with Crippen LogP contribution in [0.3, 0.4) is 0 Å². The molecule has 4 heteroatoms. The van der Waals surface area contributed by atoms with E-state index in [1.165, 1.54) is 30.7 Å². The molecule has 0 radical (unpaired) electrons. The summed E-state index contributed by atoms with van der Waals surface area (Å²) in [6.45, 7) is 0.719. The molecule has 1 fully saturated rings. The Kier molecular flexibility index (Phi) is 1.47. The average Bonchev–Trinajstić information content (AvgIpc) is 2.78. The number of hydrogen-bond acceptors (Lipinski definition) is 3. The maximum absolute atomic E-state index is 5.67. The molecule has 1 heterocycles.